The maximum Gasteiger partial charge on any atom is 0.0395 e. The molecular weight excluding hydrogens is 258 g/mol. The van der Waals surface area contributed by atoms with E-state index in [-0.39, 0.29) is 6.04 Å². The first-order chi connectivity index (χ1) is 6.29. The quantitative estimate of drug-likeness (QED) is 0.858. The summed E-state index contributed by atoms with van der Waals surface area (Å²) >= 11 is 5.31. The molecule has 0 fully saturated rings. The third kappa shape index (κ3) is 3.37. The monoisotopic (exact) mass is 275 g/mol. The Kier molecular flexibility index (Phi) is 3.78. The van der Waals surface area contributed by atoms with Crippen molar-refractivity contribution >= 4 is 27.3 Å². The lowest BCUT2D eigenvalue weighted by Gasteiger charge is -2.22. The number of rotatable bonds is 2. The predicted octanol–water partition coefficient (Wildman–Crippen LogP) is 4.26. The Bertz CT molecular complexity index is 292. The Balaban J connectivity index is 2.75. The first-order valence-corrected chi connectivity index (χ1v) is 6.42. The highest BCUT2D eigenvalue weighted by molar-refractivity contribution is 9.10. The Morgan fingerprint density at radius 3 is 2.43 bits per heavy atom. The van der Waals surface area contributed by atoms with E-state index in [2.05, 4.69) is 49.7 Å². The van der Waals surface area contributed by atoms with Crippen molar-refractivity contribution in [3.63, 3.8) is 0 Å². The zero-order valence-electron chi connectivity index (χ0n) is 9.23. The standard InChI is InChI=1S/C11H18BrNS/c1-7-8(12)5-10(14-7)9(13)6-11(2,3)4/h5,9H,6,13H2,1-4H3. The van der Waals surface area contributed by atoms with Gasteiger partial charge in [-0.2, -0.15) is 0 Å². The minimum absolute atomic E-state index is 0.171. The van der Waals surface area contributed by atoms with E-state index in [1.54, 1.807) is 11.3 Å². The summed E-state index contributed by atoms with van der Waals surface area (Å²) in [5, 5.41) is 0. The van der Waals surface area contributed by atoms with Crippen LogP contribution in [0.2, 0.25) is 0 Å². The molecule has 0 aliphatic carbocycles. The van der Waals surface area contributed by atoms with Gasteiger partial charge in [-0.1, -0.05) is 20.8 Å². The number of nitrogens with two attached hydrogens (primary N) is 1. The molecule has 0 aliphatic rings. The summed E-state index contributed by atoms with van der Waals surface area (Å²) in [4.78, 5) is 2.59. The van der Waals surface area contributed by atoms with Gasteiger partial charge in [-0.25, -0.2) is 0 Å². The second kappa shape index (κ2) is 4.33. The van der Waals surface area contributed by atoms with Crippen LogP contribution in [0.15, 0.2) is 10.5 Å². The lowest BCUT2D eigenvalue weighted by Crippen LogP contribution is -2.17. The largest absolute Gasteiger partial charge is 0.323 e. The lowest BCUT2D eigenvalue weighted by atomic mass is 9.88. The van der Waals surface area contributed by atoms with Crippen LogP contribution in [0.25, 0.3) is 0 Å². The highest BCUT2D eigenvalue weighted by atomic mass is 79.9. The van der Waals surface area contributed by atoms with E-state index >= 15 is 0 Å². The molecule has 1 aromatic rings. The van der Waals surface area contributed by atoms with Gasteiger partial charge in [0, 0.05) is 20.3 Å². The maximum atomic E-state index is 6.15. The summed E-state index contributed by atoms with van der Waals surface area (Å²) in [6, 6.07) is 2.32. The van der Waals surface area contributed by atoms with Crippen LogP contribution in [0.3, 0.4) is 0 Å². The second-order valence-electron chi connectivity index (χ2n) is 4.92. The van der Waals surface area contributed by atoms with Crippen LogP contribution in [-0.2, 0) is 0 Å². The number of hydrogen-bond donors (Lipinski definition) is 1. The Labute approximate surface area is 98.8 Å². The molecule has 0 aromatic carbocycles. The molecule has 1 atom stereocenters. The van der Waals surface area contributed by atoms with E-state index in [1.807, 2.05) is 0 Å². The number of thiophene rings is 1. The zero-order chi connectivity index (χ0) is 10.9. The van der Waals surface area contributed by atoms with E-state index < -0.39 is 0 Å². The summed E-state index contributed by atoms with van der Waals surface area (Å²) in [6.45, 7) is 8.79. The molecule has 0 saturated heterocycles. The third-order valence-corrected chi connectivity index (χ3v) is 4.34. The van der Waals surface area contributed by atoms with E-state index in [0.29, 0.717) is 5.41 Å². The van der Waals surface area contributed by atoms with E-state index in [4.69, 9.17) is 5.73 Å². The number of aryl methyl sites for hydroxylation is 1. The summed E-state index contributed by atoms with van der Waals surface area (Å²) in [5.74, 6) is 0. The van der Waals surface area contributed by atoms with Crippen molar-refractivity contribution in [2.45, 2.75) is 40.2 Å². The van der Waals surface area contributed by atoms with Crippen molar-refractivity contribution in [1.82, 2.24) is 0 Å². The Morgan fingerprint density at radius 2 is 2.07 bits per heavy atom. The highest BCUT2D eigenvalue weighted by Gasteiger charge is 2.18. The average Bonchev–Trinajstić information content (AvgIpc) is 2.28. The fourth-order valence-electron chi connectivity index (χ4n) is 1.42. The van der Waals surface area contributed by atoms with Gasteiger partial charge in [0.15, 0.2) is 0 Å². The molecule has 14 heavy (non-hydrogen) atoms. The molecule has 1 rings (SSSR count). The average molecular weight is 276 g/mol. The van der Waals surface area contributed by atoms with Crippen molar-refractivity contribution in [2.75, 3.05) is 0 Å². The van der Waals surface area contributed by atoms with Gasteiger partial charge in [-0.05, 0) is 40.8 Å². The van der Waals surface area contributed by atoms with Crippen LogP contribution in [-0.4, -0.2) is 0 Å². The first-order valence-electron chi connectivity index (χ1n) is 4.81. The molecule has 0 amide bonds. The third-order valence-electron chi connectivity index (χ3n) is 2.07. The molecule has 1 heterocycles. The van der Waals surface area contributed by atoms with Crippen LogP contribution in [0.1, 0.15) is 43.0 Å². The smallest absolute Gasteiger partial charge is 0.0395 e. The van der Waals surface area contributed by atoms with Crippen molar-refractivity contribution < 1.29 is 0 Å². The van der Waals surface area contributed by atoms with Crippen molar-refractivity contribution in [3.05, 3.63) is 20.3 Å². The van der Waals surface area contributed by atoms with Gasteiger partial charge in [-0.3, -0.25) is 0 Å². The van der Waals surface area contributed by atoms with Gasteiger partial charge in [0.25, 0.3) is 0 Å². The van der Waals surface area contributed by atoms with Gasteiger partial charge in [0.1, 0.15) is 0 Å². The second-order valence-corrected chi connectivity index (χ2v) is 7.07. The zero-order valence-corrected chi connectivity index (χ0v) is 11.6. The van der Waals surface area contributed by atoms with Gasteiger partial charge in [0.2, 0.25) is 0 Å². The lowest BCUT2D eigenvalue weighted by molar-refractivity contribution is 0.345. The molecule has 0 bridgehead atoms. The van der Waals surface area contributed by atoms with Gasteiger partial charge in [0.05, 0.1) is 0 Å². The maximum absolute atomic E-state index is 6.15. The summed E-state index contributed by atoms with van der Waals surface area (Å²) in [6.07, 6.45) is 1.03. The fourth-order valence-corrected chi connectivity index (χ4v) is 2.99. The predicted molar refractivity (Wildman–Crippen MR) is 67.8 cm³/mol. The van der Waals surface area contributed by atoms with E-state index in [9.17, 15) is 0 Å². The molecule has 1 nitrogen and oxygen atoms in total. The topological polar surface area (TPSA) is 26.0 Å². The molecule has 0 saturated carbocycles. The van der Waals surface area contributed by atoms with Crippen LogP contribution in [0, 0.1) is 12.3 Å². The molecule has 1 aromatic heterocycles. The minimum atomic E-state index is 0.171. The molecule has 0 radical (unpaired) electrons. The Hall–Kier alpha value is 0.140. The van der Waals surface area contributed by atoms with Gasteiger partial charge < -0.3 is 5.73 Å². The SMILES string of the molecule is Cc1sc(C(N)CC(C)(C)C)cc1Br. The summed E-state index contributed by atoms with van der Waals surface area (Å²) in [7, 11) is 0. The molecule has 1 unspecified atom stereocenters. The summed E-state index contributed by atoms with van der Waals surface area (Å²) < 4.78 is 1.18. The van der Waals surface area contributed by atoms with Crippen LogP contribution >= 0.6 is 27.3 Å². The van der Waals surface area contributed by atoms with Crippen LogP contribution in [0.5, 0.6) is 0 Å². The molecule has 0 spiro atoms. The van der Waals surface area contributed by atoms with Crippen molar-refractivity contribution in [2.24, 2.45) is 11.1 Å². The molecule has 2 N–H and O–H groups in total. The van der Waals surface area contributed by atoms with Gasteiger partial charge in [-0.15, -0.1) is 11.3 Å². The molecule has 0 aliphatic heterocycles. The molecule has 3 heteroatoms. The fraction of sp³-hybridized carbons (Fsp3) is 0.636. The van der Waals surface area contributed by atoms with Crippen molar-refractivity contribution in [1.29, 1.82) is 0 Å². The van der Waals surface area contributed by atoms with Gasteiger partial charge >= 0.3 is 0 Å². The van der Waals surface area contributed by atoms with Crippen LogP contribution in [0.4, 0.5) is 0 Å². The molecular formula is C11H18BrNS. The first kappa shape index (κ1) is 12.2. The summed E-state index contributed by atoms with van der Waals surface area (Å²) in [5.41, 5.74) is 6.45. The number of halogens is 1. The minimum Gasteiger partial charge on any atom is -0.323 e. The van der Waals surface area contributed by atoms with Crippen LogP contribution < -0.4 is 5.73 Å². The molecule has 80 valence electrons. The van der Waals surface area contributed by atoms with E-state index in [1.165, 1.54) is 14.2 Å². The highest BCUT2D eigenvalue weighted by Crippen LogP contribution is 2.34. The van der Waals surface area contributed by atoms with Crippen molar-refractivity contribution in [3.8, 4) is 0 Å². The van der Waals surface area contributed by atoms with E-state index in [0.717, 1.165) is 6.42 Å². The number of hydrogen-bond acceptors (Lipinski definition) is 2. The Morgan fingerprint density at radius 1 is 1.50 bits per heavy atom. The normalized spacial score (nSPS) is 14.4.